The van der Waals surface area contributed by atoms with Crippen molar-refractivity contribution in [3.63, 3.8) is 0 Å². The highest BCUT2D eigenvalue weighted by Crippen LogP contribution is 2.24. The zero-order chi connectivity index (χ0) is 13.8. The number of nitro benzene ring substituents is 1. The molecule has 0 bridgehead atoms. The van der Waals surface area contributed by atoms with E-state index in [9.17, 15) is 14.9 Å². The SMILES string of the molecule is O=C(O)N1CCCOC(c2ccc([N+](=O)[O-])cc2)C1. The lowest BCUT2D eigenvalue weighted by Crippen LogP contribution is -2.32. The van der Waals surface area contributed by atoms with Crippen molar-refractivity contribution in [2.45, 2.75) is 12.5 Å². The predicted molar refractivity (Wildman–Crippen MR) is 66.0 cm³/mol. The molecule has 1 aliphatic rings. The van der Waals surface area contributed by atoms with E-state index in [1.165, 1.54) is 17.0 Å². The fourth-order valence-corrected chi connectivity index (χ4v) is 2.01. The summed E-state index contributed by atoms with van der Waals surface area (Å²) in [5, 5.41) is 19.6. The molecule has 7 heteroatoms. The Morgan fingerprint density at radius 2 is 2.11 bits per heavy atom. The number of benzene rings is 1. The second-order valence-electron chi connectivity index (χ2n) is 4.29. The molecule has 1 aromatic rings. The Hall–Kier alpha value is -2.15. The number of nitro groups is 1. The summed E-state index contributed by atoms with van der Waals surface area (Å²) in [4.78, 5) is 22.4. The molecule has 1 aliphatic heterocycles. The van der Waals surface area contributed by atoms with E-state index in [-0.39, 0.29) is 18.3 Å². The average Bonchev–Trinajstić information content (AvgIpc) is 2.64. The molecular weight excluding hydrogens is 252 g/mol. The first-order valence-electron chi connectivity index (χ1n) is 5.92. The second kappa shape index (κ2) is 5.66. The quantitative estimate of drug-likeness (QED) is 0.653. The molecule has 1 unspecified atom stereocenters. The first-order chi connectivity index (χ1) is 9.08. The first-order valence-corrected chi connectivity index (χ1v) is 5.92. The van der Waals surface area contributed by atoms with Crippen LogP contribution in [0.5, 0.6) is 0 Å². The van der Waals surface area contributed by atoms with Gasteiger partial charge in [-0.2, -0.15) is 0 Å². The number of nitrogens with zero attached hydrogens (tertiary/aromatic N) is 2. The Morgan fingerprint density at radius 1 is 1.42 bits per heavy atom. The lowest BCUT2D eigenvalue weighted by molar-refractivity contribution is -0.384. The van der Waals surface area contributed by atoms with Gasteiger partial charge in [0.2, 0.25) is 0 Å². The minimum absolute atomic E-state index is 0.00691. The molecule has 1 saturated heterocycles. The van der Waals surface area contributed by atoms with E-state index in [4.69, 9.17) is 9.84 Å². The van der Waals surface area contributed by atoms with Crippen molar-refractivity contribution >= 4 is 11.8 Å². The molecule has 1 amide bonds. The normalized spacial score (nSPS) is 19.8. The lowest BCUT2D eigenvalue weighted by atomic mass is 10.1. The van der Waals surface area contributed by atoms with Gasteiger partial charge in [-0.3, -0.25) is 10.1 Å². The van der Waals surface area contributed by atoms with Crippen LogP contribution in [0.25, 0.3) is 0 Å². The molecule has 1 aromatic carbocycles. The Kier molecular flexibility index (Phi) is 3.96. The van der Waals surface area contributed by atoms with E-state index in [0.717, 1.165) is 5.56 Å². The standard InChI is InChI=1S/C12H14N2O5/c15-12(16)13-6-1-7-19-11(8-13)9-2-4-10(5-3-9)14(17)18/h2-5,11H,1,6-8H2,(H,15,16). The van der Waals surface area contributed by atoms with Crippen LogP contribution in [0.2, 0.25) is 0 Å². The predicted octanol–water partition coefficient (Wildman–Crippen LogP) is 2.04. The lowest BCUT2D eigenvalue weighted by Gasteiger charge is -2.21. The Balaban J connectivity index is 2.14. The van der Waals surface area contributed by atoms with E-state index in [1.54, 1.807) is 12.1 Å². The van der Waals surface area contributed by atoms with E-state index in [0.29, 0.717) is 19.6 Å². The van der Waals surface area contributed by atoms with Gasteiger partial charge in [-0.05, 0) is 24.1 Å². The molecule has 0 aliphatic carbocycles. The molecule has 7 nitrogen and oxygen atoms in total. The number of amides is 1. The number of non-ortho nitro benzene ring substituents is 1. The van der Waals surface area contributed by atoms with E-state index in [1.807, 2.05) is 0 Å². The van der Waals surface area contributed by atoms with Gasteiger partial charge in [0.25, 0.3) is 5.69 Å². The Morgan fingerprint density at radius 3 is 2.68 bits per heavy atom. The van der Waals surface area contributed by atoms with Crippen molar-refractivity contribution in [3.8, 4) is 0 Å². The van der Waals surface area contributed by atoms with Gasteiger partial charge >= 0.3 is 6.09 Å². The zero-order valence-corrected chi connectivity index (χ0v) is 10.2. The third kappa shape index (κ3) is 3.19. The molecule has 0 aromatic heterocycles. The highest BCUT2D eigenvalue weighted by molar-refractivity contribution is 5.65. The topological polar surface area (TPSA) is 92.9 Å². The maximum atomic E-state index is 11.0. The molecule has 1 atom stereocenters. The van der Waals surface area contributed by atoms with Crippen LogP contribution in [-0.4, -0.2) is 40.7 Å². The summed E-state index contributed by atoms with van der Waals surface area (Å²) >= 11 is 0. The maximum Gasteiger partial charge on any atom is 0.407 e. The summed E-state index contributed by atoms with van der Waals surface area (Å²) in [6.45, 7) is 1.16. The van der Waals surface area contributed by atoms with Crippen molar-refractivity contribution in [1.29, 1.82) is 0 Å². The smallest absolute Gasteiger partial charge is 0.407 e. The second-order valence-corrected chi connectivity index (χ2v) is 4.29. The maximum absolute atomic E-state index is 11.0. The zero-order valence-electron chi connectivity index (χ0n) is 10.2. The van der Waals surface area contributed by atoms with Gasteiger partial charge in [0, 0.05) is 25.3 Å². The van der Waals surface area contributed by atoms with Gasteiger partial charge in [-0.15, -0.1) is 0 Å². The van der Waals surface area contributed by atoms with Crippen LogP contribution in [0.1, 0.15) is 18.1 Å². The number of carbonyl (C=O) groups is 1. The van der Waals surface area contributed by atoms with E-state index < -0.39 is 11.0 Å². The van der Waals surface area contributed by atoms with Crippen molar-refractivity contribution < 1.29 is 19.6 Å². The number of carboxylic acid groups (broad SMARTS) is 1. The van der Waals surface area contributed by atoms with Crippen molar-refractivity contribution in [2.75, 3.05) is 19.7 Å². The number of hydrogen-bond acceptors (Lipinski definition) is 4. The van der Waals surface area contributed by atoms with Crippen LogP contribution >= 0.6 is 0 Å². The number of hydrogen-bond donors (Lipinski definition) is 1. The van der Waals surface area contributed by atoms with Crippen LogP contribution < -0.4 is 0 Å². The van der Waals surface area contributed by atoms with Crippen molar-refractivity contribution in [2.24, 2.45) is 0 Å². The fraction of sp³-hybridized carbons (Fsp3) is 0.417. The summed E-state index contributed by atoms with van der Waals surface area (Å²) in [6, 6.07) is 6.01. The minimum atomic E-state index is -0.975. The molecular formula is C12H14N2O5. The third-order valence-corrected chi connectivity index (χ3v) is 3.02. The molecule has 0 spiro atoms. The molecule has 0 radical (unpaired) electrons. The van der Waals surface area contributed by atoms with Crippen LogP contribution in [-0.2, 0) is 4.74 Å². The Labute approximate surface area is 109 Å². The highest BCUT2D eigenvalue weighted by atomic mass is 16.6. The first kappa shape index (κ1) is 13.3. The summed E-state index contributed by atoms with van der Waals surface area (Å²) in [7, 11) is 0. The average molecular weight is 266 g/mol. The van der Waals surface area contributed by atoms with Gasteiger partial charge < -0.3 is 14.7 Å². The summed E-state index contributed by atoms with van der Waals surface area (Å²) in [5.41, 5.74) is 0.756. The summed E-state index contributed by atoms with van der Waals surface area (Å²) < 4.78 is 5.59. The van der Waals surface area contributed by atoms with Crippen LogP contribution in [0, 0.1) is 10.1 Å². The van der Waals surface area contributed by atoms with E-state index in [2.05, 4.69) is 0 Å². The molecule has 102 valence electrons. The molecule has 0 saturated carbocycles. The van der Waals surface area contributed by atoms with Gasteiger partial charge in [0.15, 0.2) is 0 Å². The van der Waals surface area contributed by atoms with Gasteiger partial charge in [0.05, 0.1) is 11.5 Å². The van der Waals surface area contributed by atoms with Crippen LogP contribution in [0.15, 0.2) is 24.3 Å². The molecule has 19 heavy (non-hydrogen) atoms. The fourth-order valence-electron chi connectivity index (χ4n) is 2.01. The van der Waals surface area contributed by atoms with Gasteiger partial charge in [-0.25, -0.2) is 4.79 Å². The van der Waals surface area contributed by atoms with Gasteiger partial charge in [-0.1, -0.05) is 0 Å². The van der Waals surface area contributed by atoms with Crippen molar-refractivity contribution in [3.05, 3.63) is 39.9 Å². The summed E-state index contributed by atoms with van der Waals surface area (Å²) in [5.74, 6) is 0. The summed E-state index contributed by atoms with van der Waals surface area (Å²) in [6.07, 6.45) is -0.702. The highest BCUT2D eigenvalue weighted by Gasteiger charge is 2.23. The van der Waals surface area contributed by atoms with Crippen LogP contribution in [0.3, 0.4) is 0 Å². The Bertz CT molecular complexity index is 474. The van der Waals surface area contributed by atoms with E-state index >= 15 is 0 Å². The van der Waals surface area contributed by atoms with Crippen molar-refractivity contribution in [1.82, 2.24) is 4.90 Å². The minimum Gasteiger partial charge on any atom is -0.465 e. The number of rotatable bonds is 2. The monoisotopic (exact) mass is 266 g/mol. The third-order valence-electron chi connectivity index (χ3n) is 3.02. The molecule has 1 N–H and O–H groups in total. The van der Waals surface area contributed by atoms with Gasteiger partial charge in [0.1, 0.15) is 6.10 Å². The molecule has 1 heterocycles. The largest absolute Gasteiger partial charge is 0.465 e. The van der Waals surface area contributed by atoms with Crippen LogP contribution in [0.4, 0.5) is 10.5 Å². The number of ether oxygens (including phenoxy) is 1. The molecule has 2 rings (SSSR count). The molecule has 1 fully saturated rings.